The Balaban J connectivity index is 1.49. The first kappa shape index (κ1) is 14.5. The molecule has 2 heterocycles. The molecule has 2 aromatic carbocycles. The van der Waals surface area contributed by atoms with Crippen LogP contribution in [0.25, 0.3) is 0 Å². The van der Waals surface area contributed by atoms with E-state index in [0.717, 1.165) is 31.6 Å². The fourth-order valence-corrected chi connectivity index (χ4v) is 3.92. The summed E-state index contributed by atoms with van der Waals surface area (Å²) in [6.07, 6.45) is 3.29. The van der Waals surface area contributed by atoms with E-state index in [0.29, 0.717) is 12.6 Å². The first-order valence-electron chi connectivity index (χ1n) is 8.50. The van der Waals surface area contributed by atoms with Gasteiger partial charge in [-0.25, -0.2) is 0 Å². The summed E-state index contributed by atoms with van der Waals surface area (Å²) in [5.41, 5.74) is 3.73. The maximum atomic E-state index is 12.8. The minimum Gasteiger partial charge on any atom is -0.311 e. The van der Waals surface area contributed by atoms with Crippen LogP contribution in [-0.4, -0.2) is 30.4 Å². The van der Waals surface area contributed by atoms with Crippen molar-refractivity contribution in [3.8, 4) is 0 Å². The standard InChI is InChI=1S/C20H22N2O/c23-20(22-14-12-17-9-4-5-10-19(17)22)15-21-13-6-11-18(21)16-7-2-1-3-8-16/h1-5,7-10,18H,6,11-15H2/t18-/m0/s1. The van der Waals surface area contributed by atoms with Gasteiger partial charge in [0, 0.05) is 18.3 Å². The molecule has 0 aromatic heterocycles. The first-order valence-corrected chi connectivity index (χ1v) is 8.50. The van der Waals surface area contributed by atoms with Gasteiger partial charge >= 0.3 is 0 Å². The molecule has 0 spiro atoms. The third-order valence-corrected chi connectivity index (χ3v) is 5.07. The largest absolute Gasteiger partial charge is 0.311 e. The Morgan fingerprint density at radius 3 is 2.65 bits per heavy atom. The van der Waals surface area contributed by atoms with Crippen LogP contribution in [0.15, 0.2) is 54.6 Å². The lowest BCUT2D eigenvalue weighted by Gasteiger charge is -2.27. The Kier molecular flexibility index (Phi) is 3.88. The van der Waals surface area contributed by atoms with Crippen LogP contribution in [0, 0.1) is 0 Å². The molecule has 3 heteroatoms. The maximum absolute atomic E-state index is 12.8. The molecule has 2 aliphatic heterocycles. The lowest BCUT2D eigenvalue weighted by molar-refractivity contribution is -0.119. The average molecular weight is 306 g/mol. The van der Waals surface area contributed by atoms with E-state index in [4.69, 9.17) is 0 Å². The summed E-state index contributed by atoms with van der Waals surface area (Å²) in [6.45, 7) is 2.36. The number of rotatable bonds is 3. The van der Waals surface area contributed by atoms with Crippen molar-refractivity contribution in [1.82, 2.24) is 4.90 Å². The number of hydrogen-bond donors (Lipinski definition) is 0. The molecular weight excluding hydrogens is 284 g/mol. The molecule has 118 valence electrons. The van der Waals surface area contributed by atoms with Gasteiger partial charge < -0.3 is 4.90 Å². The highest BCUT2D eigenvalue weighted by atomic mass is 16.2. The molecule has 0 bridgehead atoms. The second-order valence-electron chi connectivity index (χ2n) is 6.46. The zero-order valence-electron chi connectivity index (χ0n) is 13.3. The van der Waals surface area contributed by atoms with E-state index in [1.54, 1.807) is 0 Å². The Labute approximate surface area is 137 Å². The van der Waals surface area contributed by atoms with Crippen molar-refractivity contribution in [2.45, 2.75) is 25.3 Å². The number of anilines is 1. The van der Waals surface area contributed by atoms with E-state index < -0.39 is 0 Å². The molecule has 0 unspecified atom stereocenters. The minimum atomic E-state index is 0.234. The summed E-state index contributed by atoms with van der Waals surface area (Å²) in [4.78, 5) is 17.1. The van der Waals surface area contributed by atoms with E-state index in [1.165, 1.54) is 17.5 Å². The summed E-state index contributed by atoms with van der Waals surface area (Å²) < 4.78 is 0. The van der Waals surface area contributed by atoms with E-state index in [2.05, 4.69) is 53.4 Å². The van der Waals surface area contributed by atoms with Crippen molar-refractivity contribution in [2.75, 3.05) is 24.5 Å². The summed E-state index contributed by atoms with van der Waals surface area (Å²) in [5.74, 6) is 0.234. The molecule has 1 fully saturated rings. The number of hydrogen-bond acceptors (Lipinski definition) is 2. The monoisotopic (exact) mass is 306 g/mol. The Morgan fingerprint density at radius 1 is 1.00 bits per heavy atom. The van der Waals surface area contributed by atoms with Crippen LogP contribution in [0.5, 0.6) is 0 Å². The van der Waals surface area contributed by atoms with Crippen molar-refractivity contribution in [3.05, 3.63) is 65.7 Å². The summed E-state index contributed by atoms with van der Waals surface area (Å²) in [7, 11) is 0. The van der Waals surface area contributed by atoms with Gasteiger partial charge in [-0.05, 0) is 43.0 Å². The Hall–Kier alpha value is -2.13. The molecule has 1 amide bonds. The van der Waals surface area contributed by atoms with Crippen LogP contribution in [0.4, 0.5) is 5.69 Å². The number of fused-ring (bicyclic) bond motifs is 1. The van der Waals surface area contributed by atoms with Gasteiger partial charge in [-0.15, -0.1) is 0 Å². The molecule has 1 atom stereocenters. The van der Waals surface area contributed by atoms with E-state index in [9.17, 15) is 4.79 Å². The van der Waals surface area contributed by atoms with Crippen LogP contribution < -0.4 is 4.90 Å². The van der Waals surface area contributed by atoms with E-state index in [1.807, 2.05) is 11.0 Å². The SMILES string of the molecule is O=C(CN1CCC[C@H]1c1ccccc1)N1CCc2ccccc21. The van der Waals surface area contributed by atoms with E-state index >= 15 is 0 Å². The highest BCUT2D eigenvalue weighted by Gasteiger charge is 2.31. The van der Waals surface area contributed by atoms with Crippen LogP contribution in [0.2, 0.25) is 0 Å². The number of para-hydroxylation sites is 1. The third kappa shape index (κ3) is 2.77. The second-order valence-corrected chi connectivity index (χ2v) is 6.46. The molecule has 1 saturated heterocycles. The number of amides is 1. The van der Waals surface area contributed by atoms with Crippen molar-refractivity contribution in [2.24, 2.45) is 0 Å². The van der Waals surface area contributed by atoms with Gasteiger partial charge in [0.05, 0.1) is 6.54 Å². The van der Waals surface area contributed by atoms with Gasteiger partial charge in [0.1, 0.15) is 0 Å². The lowest BCUT2D eigenvalue weighted by atomic mass is 10.0. The smallest absolute Gasteiger partial charge is 0.241 e. The molecule has 2 aliphatic rings. The molecule has 2 aromatic rings. The van der Waals surface area contributed by atoms with Crippen molar-refractivity contribution in [1.29, 1.82) is 0 Å². The van der Waals surface area contributed by atoms with Gasteiger partial charge in [-0.3, -0.25) is 9.69 Å². The maximum Gasteiger partial charge on any atom is 0.241 e. The molecule has 3 nitrogen and oxygen atoms in total. The molecule has 23 heavy (non-hydrogen) atoms. The normalized spacial score (nSPS) is 20.7. The topological polar surface area (TPSA) is 23.6 Å². The van der Waals surface area contributed by atoms with Gasteiger partial charge in [0.2, 0.25) is 5.91 Å². The Bertz CT molecular complexity index is 698. The fraction of sp³-hybridized carbons (Fsp3) is 0.350. The quantitative estimate of drug-likeness (QED) is 0.867. The van der Waals surface area contributed by atoms with Gasteiger partial charge in [-0.1, -0.05) is 48.5 Å². The van der Waals surface area contributed by atoms with Crippen LogP contribution in [0.1, 0.15) is 30.0 Å². The zero-order valence-corrected chi connectivity index (χ0v) is 13.3. The van der Waals surface area contributed by atoms with Gasteiger partial charge in [0.25, 0.3) is 0 Å². The predicted octanol–water partition coefficient (Wildman–Crippen LogP) is 3.41. The highest BCUT2D eigenvalue weighted by Crippen LogP contribution is 2.33. The molecule has 0 saturated carbocycles. The fourth-order valence-electron chi connectivity index (χ4n) is 3.92. The number of carbonyl (C=O) groups excluding carboxylic acids is 1. The lowest BCUT2D eigenvalue weighted by Crippen LogP contribution is -2.39. The van der Waals surface area contributed by atoms with Crippen LogP contribution in [-0.2, 0) is 11.2 Å². The van der Waals surface area contributed by atoms with Crippen molar-refractivity contribution >= 4 is 11.6 Å². The third-order valence-electron chi connectivity index (χ3n) is 5.07. The van der Waals surface area contributed by atoms with Crippen molar-refractivity contribution in [3.63, 3.8) is 0 Å². The zero-order chi connectivity index (χ0) is 15.6. The minimum absolute atomic E-state index is 0.234. The predicted molar refractivity (Wildman–Crippen MR) is 92.5 cm³/mol. The van der Waals surface area contributed by atoms with Gasteiger partial charge in [-0.2, -0.15) is 0 Å². The molecule has 0 N–H and O–H groups in total. The highest BCUT2D eigenvalue weighted by molar-refractivity contribution is 5.96. The van der Waals surface area contributed by atoms with Crippen molar-refractivity contribution < 1.29 is 4.79 Å². The molecule has 4 rings (SSSR count). The van der Waals surface area contributed by atoms with Gasteiger partial charge in [0.15, 0.2) is 0 Å². The molecule has 0 radical (unpaired) electrons. The number of carbonyl (C=O) groups is 1. The number of benzene rings is 2. The number of nitrogens with zero attached hydrogens (tertiary/aromatic N) is 2. The second kappa shape index (κ2) is 6.17. The van der Waals surface area contributed by atoms with Crippen LogP contribution >= 0.6 is 0 Å². The molecular formula is C20H22N2O. The average Bonchev–Trinajstić information content (AvgIpc) is 3.22. The summed E-state index contributed by atoms with van der Waals surface area (Å²) in [5, 5.41) is 0. The summed E-state index contributed by atoms with van der Waals surface area (Å²) >= 11 is 0. The Morgan fingerprint density at radius 2 is 1.78 bits per heavy atom. The van der Waals surface area contributed by atoms with E-state index in [-0.39, 0.29) is 5.91 Å². The summed E-state index contributed by atoms with van der Waals surface area (Å²) in [6, 6.07) is 19.2. The van der Waals surface area contributed by atoms with Crippen LogP contribution in [0.3, 0.4) is 0 Å². The first-order chi connectivity index (χ1) is 11.3. The molecule has 0 aliphatic carbocycles. The number of likely N-dealkylation sites (tertiary alicyclic amines) is 1.